The molecule has 0 saturated carbocycles. The Morgan fingerprint density at radius 3 is 2.55 bits per heavy atom. The zero-order chi connectivity index (χ0) is 27.0. The highest BCUT2D eigenvalue weighted by Gasteiger charge is 2.42. The van der Waals surface area contributed by atoms with Gasteiger partial charge in [-0.1, -0.05) is 56.5 Å². The maximum atomic E-state index is 13.8. The summed E-state index contributed by atoms with van der Waals surface area (Å²) in [6, 6.07) is 15.2. The van der Waals surface area contributed by atoms with Crippen LogP contribution in [0.5, 0.6) is 11.5 Å². The van der Waals surface area contributed by atoms with E-state index in [1.807, 2.05) is 17.0 Å². The molecule has 2 aromatic carbocycles. The van der Waals surface area contributed by atoms with Crippen LogP contribution in [0.25, 0.3) is 0 Å². The van der Waals surface area contributed by atoms with E-state index in [4.69, 9.17) is 21.1 Å². The third-order valence-corrected chi connectivity index (χ3v) is 8.09. The minimum atomic E-state index is -0.454. The highest BCUT2D eigenvalue weighted by atomic mass is 35.5. The molecule has 0 radical (unpaired) electrons. The van der Waals surface area contributed by atoms with Gasteiger partial charge >= 0.3 is 0 Å². The molecule has 1 saturated heterocycles. The Labute approximate surface area is 232 Å². The standard InChI is InChI=1S/C31H41ClN2O4/c1-23(2)20-26-21-38-28-10-6-5-9-24(28)8-4-3-7-15-31(30(36)33-26)16-18-34(19-17-31)29(35)22-37-27-13-11-25(32)12-14-27/h5-6,9-14,23,26H,3-4,7-8,15-22H2,1-2H3,(H,33,36)/t26-/m0/s1. The zero-order valence-electron chi connectivity index (χ0n) is 22.7. The van der Waals surface area contributed by atoms with Crippen LogP contribution in [0, 0.1) is 11.3 Å². The number of hydrogen-bond acceptors (Lipinski definition) is 4. The fourth-order valence-electron chi connectivity index (χ4n) is 5.62. The molecule has 0 unspecified atom stereocenters. The Kier molecular flexibility index (Phi) is 9.95. The fourth-order valence-corrected chi connectivity index (χ4v) is 5.74. The molecule has 0 bridgehead atoms. The van der Waals surface area contributed by atoms with Gasteiger partial charge in [-0.3, -0.25) is 9.59 Å². The largest absolute Gasteiger partial charge is 0.491 e. The molecule has 6 nitrogen and oxygen atoms in total. The van der Waals surface area contributed by atoms with Crippen LogP contribution in [0.4, 0.5) is 0 Å². The molecule has 0 aliphatic carbocycles. The summed E-state index contributed by atoms with van der Waals surface area (Å²) in [5.41, 5.74) is 0.785. The number of carbonyl (C=O) groups excluding carboxylic acids is 2. The Bertz CT molecular complexity index is 1060. The summed E-state index contributed by atoms with van der Waals surface area (Å²) < 4.78 is 11.9. The maximum Gasteiger partial charge on any atom is 0.260 e. The Morgan fingerprint density at radius 1 is 1.08 bits per heavy atom. The van der Waals surface area contributed by atoms with Gasteiger partial charge in [-0.05, 0) is 80.3 Å². The number of para-hydroxylation sites is 1. The lowest BCUT2D eigenvalue weighted by Crippen LogP contribution is -2.53. The molecule has 2 aliphatic rings. The lowest BCUT2D eigenvalue weighted by Gasteiger charge is -2.41. The van der Waals surface area contributed by atoms with Crippen molar-refractivity contribution < 1.29 is 19.1 Å². The van der Waals surface area contributed by atoms with Gasteiger partial charge in [-0.15, -0.1) is 0 Å². The summed E-state index contributed by atoms with van der Waals surface area (Å²) in [5, 5.41) is 4.00. The van der Waals surface area contributed by atoms with Crippen LogP contribution in [0.3, 0.4) is 0 Å². The van der Waals surface area contributed by atoms with Gasteiger partial charge in [0.2, 0.25) is 5.91 Å². The van der Waals surface area contributed by atoms with Crippen LogP contribution in [0.2, 0.25) is 5.02 Å². The van der Waals surface area contributed by atoms with Crippen LogP contribution in [-0.2, 0) is 16.0 Å². The van der Waals surface area contributed by atoms with E-state index in [1.165, 1.54) is 5.56 Å². The molecule has 1 fully saturated rings. The first-order chi connectivity index (χ1) is 18.3. The minimum absolute atomic E-state index is 0.0187. The van der Waals surface area contributed by atoms with Crippen molar-refractivity contribution in [3.05, 3.63) is 59.1 Å². The van der Waals surface area contributed by atoms with E-state index in [-0.39, 0.29) is 24.5 Å². The van der Waals surface area contributed by atoms with Crippen molar-refractivity contribution in [1.29, 1.82) is 0 Å². The van der Waals surface area contributed by atoms with Crippen molar-refractivity contribution in [3.63, 3.8) is 0 Å². The number of rotatable bonds is 5. The normalized spacial score (nSPS) is 20.4. The van der Waals surface area contributed by atoms with E-state index in [2.05, 4.69) is 31.3 Å². The molecule has 2 amide bonds. The average Bonchev–Trinajstić information content (AvgIpc) is 2.92. The van der Waals surface area contributed by atoms with E-state index in [9.17, 15) is 9.59 Å². The van der Waals surface area contributed by atoms with E-state index in [0.717, 1.165) is 44.3 Å². The highest BCUT2D eigenvalue weighted by Crippen LogP contribution is 2.38. The third-order valence-electron chi connectivity index (χ3n) is 7.84. The van der Waals surface area contributed by atoms with Crippen molar-refractivity contribution in [2.24, 2.45) is 11.3 Å². The second kappa shape index (κ2) is 13.4. The first-order valence-electron chi connectivity index (χ1n) is 14.0. The summed E-state index contributed by atoms with van der Waals surface area (Å²) in [6.45, 7) is 5.92. The van der Waals surface area contributed by atoms with Gasteiger partial charge in [0.1, 0.15) is 18.1 Å². The number of halogens is 1. The Hall–Kier alpha value is -2.73. The molecule has 1 spiro atoms. The van der Waals surface area contributed by atoms with Crippen molar-refractivity contribution in [3.8, 4) is 11.5 Å². The van der Waals surface area contributed by atoms with Crippen LogP contribution < -0.4 is 14.8 Å². The highest BCUT2D eigenvalue weighted by molar-refractivity contribution is 6.30. The van der Waals surface area contributed by atoms with Crippen LogP contribution in [-0.4, -0.2) is 49.1 Å². The van der Waals surface area contributed by atoms with Crippen molar-refractivity contribution in [2.45, 2.75) is 71.3 Å². The predicted molar refractivity (Wildman–Crippen MR) is 151 cm³/mol. The van der Waals surface area contributed by atoms with E-state index in [1.54, 1.807) is 24.3 Å². The van der Waals surface area contributed by atoms with E-state index in [0.29, 0.717) is 49.2 Å². The molecule has 2 aliphatic heterocycles. The zero-order valence-corrected chi connectivity index (χ0v) is 23.5. The number of benzene rings is 2. The number of ether oxygens (including phenoxy) is 2. The lowest BCUT2D eigenvalue weighted by atomic mass is 9.73. The summed E-state index contributed by atoms with van der Waals surface area (Å²) in [4.78, 5) is 28.5. The first-order valence-corrected chi connectivity index (χ1v) is 14.4. The molecular weight excluding hydrogens is 500 g/mol. The van der Waals surface area contributed by atoms with Crippen molar-refractivity contribution in [1.82, 2.24) is 10.2 Å². The number of likely N-dealkylation sites (tertiary alicyclic amines) is 1. The number of nitrogens with one attached hydrogen (secondary N) is 1. The Balaban J connectivity index is 1.40. The molecule has 1 N–H and O–H groups in total. The van der Waals surface area contributed by atoms with E-state index >= 15 is 0 Å². The molecule has 7 heteroatoms. The number of amides is 2. The van der Waals surface area contributed by atoms with Gasteiger partial charge < -0.3 is 19.7 Å². The van der Waals surface area contributed by atoms with E-state index < -0.39 is 5.41 Å². The summed E-state index contributed by atoms with van der Waals surface area (Å²) in [6.07, 6.45) is 7.16. The van der Waals surface area contributed by atoms with Crippen LogP contribution in [0.15, 0.2) is 48.5 Å². The molecule has 38 heavy (non-hydrogen) atoms. The molecule has 4 rings (SSSR count). The SMILES string of the molecule is CC(C)C[C@H]1COc2ccccc2CCCCCC2(CCN(C(=O)COc3ccc(Cl)cc3)CC2)C(=O)N1. The number of nitrogens with zero attached hydrogens (tertiary/aromatic N) is 1. The first kappa shape index (κ1) is 28.3. The molecular formula is C31H41ClN2O4. The fraction of sp³-hybridized carbons (Fsp3) is 0.548. The van der Waals surface area contributed by atoms with Crippen LogP contribution in [0.1, 0.15) is 64.4 Å². The number of hydrogen-bond donors (Lipinski definition) is 1. The summed E-state index contributed by atoms with van der Waals surface area (Å²) in [7, 11) is 0. The number of aryl methyl sites for hydroxylation is 1. The average molecular weight is 541 g/mol. The van der Waals surface area contributed by atoms with Crippen molar-refractivity contribution >= 4 is 23.4 Å². The number of fused-ring (bicyclic) bond motifs is 1. The van der Waals surface area contributed by atoms with Gasteiger partial charge in [-0.2, -0.15) is 0 Å². The third kappa shape index (κ3) is 7.66. The minimum Gasteiger partial charge on any atom is -0.491 e. The topological polar surface area (TPSA) is 67.9 Å². The Morgan fingerprint density at radius 2 is 1.82 bits per heavy atom. The quantitative estimate of drug-likeness (QED) is 0.501. The smallest absolute Gasteiger partial charge is 0.260 e. The number of piperidine rings is 1. The molecule has 2 heterocycles. The second-order valence-corrected chi connectivity index (χ2v) is 11.6. The maximum absolute atomic E-state index is 13.8. The van der Waals surface area contributed by atoms with Gasteiger partial charge in [0, 0.05) is 18.1 Å². The molecule has 1 atom stereocenters. The van der Waals surface area contributed by atoms with Gasteiger partial charge in [0.25, 0.3) is 5.91 Å². The van der Waals surface area contributed by atoms with Gasteiger partial charge in [-0.25, -0.2) is 0 Å². The molecule has 0 aromatic heterocycles. The van der Waals surface area contributed by atoms with Crippen LogP contribution >= 0.6 is 11.6 Å². The second-order valence-electron chi connectivity index (χ2n) is 11.2. The summed E-state index contributed by atoms with van der Waals surface area (Å²) in [5.74, 6) is 2.04. The summed E-state index contributed by atoms with van der Waals surface area (Å²) >= 11 is 5.93. The monoisotopic (exact) mass is 540 g/mol. The lowest BCUT2D eigenvalue weighted by molar-refractivity contribution is -0.142. The molecule has 2 aromatic rings. The van der Waals surface area contributed by atoms with Crippen molar-refractivity contribution in [2.75, 3.05) is 26.3 Å². The molecule has 206 valence electrons. The predicted octanol–water partition coefficient (Wildman–Crippen LogP) is 6.05. The number of carbonyl (C=O) groups is 2. The van der Waals surface area contributed by atoms with Gasteiger partial charge in [0.15, 0.2) is 6.61 Å². The van der Waals surface area contributed by atoms with Gasteiger partial charge in [0.05, 0.1) is 11.5 Å².